The van der Waals surface area contributed by atoms with Crippen molar-refractivity contribution in [3.63, 3.8) is 0 Å². The largest absolute Gasteiger partial charge is 0.316 e. The predicted octanol–water partition coefficient (Wildman–Crippen LogP) is 1.67. The molecule has 0 aromatic rings. The van der Waals surface area contributed by atoms with Crippen LogP contribution in [0.1, 0.15) is 12.8 Å². The number of nitrogens with one attached hydrogen (secondary N) is 1. The smallest absolute Gasteiger partial charge is 0.251 e. The molecule has 2 fully saturated rings. The Hall–Kier alpha value is 0.110. The van der Waals surface area contributed by atoms with E-state index in [1.165, 1.54) is 0 Å². The Morgan fingerprint density at radius 3 is 2.00 bits per heavy atom. The molecule has 0 aromatic carbocycles. The Labute approximate surface area is 71.0 Å². The highest BCUT2D eigenvalue weighted by Gasteiger charge is 2.52. The number of hydrogen-bond donors (Lipinski definition) is 1. The number of rotatable bonds is 1. The molecule has 2 aliphatic rings. The molecule has 0 radical (unpaired) electrons. The van der Waals surface area contributed by atoms with E-state index in [4.69, 9.17) is 0 Å². The van der Waals surface area contributed by atoms with Gasteiger partial charge >= 0.3 is 0 Å². The third-order valence-corrected chi connectivity index (χ3v) is 2.71. The van der Waals surface area contributed by atoms with E-state index in [1.54, 1.807) is 0 Å². The first-order valence-corrected chi connectivity index (χ1v) is 3.79. The van der Waals surface area contributed by atoms with Crippen LogP contribution in [0, 0.1) is 11.8 Å². The SMILES string of the molecule is Cl.FC1(F)CCC1C1CNC1. The zero-order valence-corrected chi connectivity index (χ0v) is 6.96. The molecule has 0 amide bonds. The Morgan fingerprint density at radius 1 is 1.27 bits per heavy atom. The van der Waals surface area contributed by atoms with Gasteiger partial charge in [0, 0.05) is 12.3 Å². The molecule has 66 valence electrons. The summed E-state index contributed by atoms with van der Waals surface area (Å²) < 4.78 is 25.3. The lowest BCUT2D eigenvalue weighted by Gasteiger charge is -2.45. The minimum absolute atomic E-state index is 0. The summed E-state index contributed by atoms with van der Waals surface area (Å²) in [5.74, 6) is -2.36. The number of halogens is 3. The second-order valence-corrected chi connectivity index (χ2v) is 3.32. The van der Waals surface area contributed by atoms with Crippen LogP contribution in [0.5, 0.6) is 0 Å². The molecule has 0 spiro atoms. The van der Waals surface area contributed by atoms with Crippen molar-refractivity contribution in [1.29, 1.82) is 0 Å². The Morgan fingerprint density at radius 2 is 1.91 bits per heavy atom. The van der Waals surface area contributed by atoms with Crippen molar-refractivity contribution in [2.24, 2.45) is 11.8 Å². The van der Waals surface area contributed by atoms with E-state index in [-0.39, 0.29) is 30.7 Å². The van der Waals surface area contributed by atoms with Gasteiger partial charge in [0.15, 0.2) is 0 Å². The highest BCUT2D eigenvalue weighted by atomic mass is 35.5. The number of hydrogen-bond acceptors (Lipinski definition) is 1. The molecule has 1 saturated carbocycles. The molecular weight excluding hydrogens is 172 g/mol. The van der Waals surface area contributed by atoms with Crippen molar-refractivity contribution < 1.29 is 8.78 Å². The second kappa shape index (κ2) is 2.87. The van der Waals surface area contributed by atoms with Crippen LogP contribution >= 0.6 is 12.4 Å². The van der Waals surface area contributed by atoms with Crippen LogP contribution in [0.2, 0.25) is 0 Å². The Kier molecular flexibility index (Phi) is 2.40. The molecule has 1 nitrogen and oxygen atoms in total. The first kappa shape index (κ1) is 9.20. The predicted molar refractivity (Wildman–Crippen MR) is 41.3 cm³/mol. The zero-order valence-electron chi connectivity index (χ0n) is 6.15. The third-order valence-electron chi connectivity index (χ3n) is 2.71. The normalized spacial score (nSPS) is 34.9. The van der Waals surface area contributed by atoms with Gasteiger partial charge in [-0.2, -0.15) is 0 Å². The first-order valence-electron chi connectivity index (χ1n) is 3.79. The lowest BCUT2D eigenvalue weighted by atomic mass is 9.70. The molecule has 2 rings (SSSR count). The average Bonchev–Trinajstić information content (AvgIpc) is 1.76. The van der Waals surface area contributed by atoms with Gasteiger partial charge in [0.25, 0.3) is 5.92 Å². The molecule has 1 atom stereocenters. The van der Waals surface area contributed by atoms with E-state index in [9.17, 15) is 8.78 Å². The average molecular weight is 184 g/mol. The van der Waals surface area contributed by atoms with Gasteiger partial charge in [-0.3, -0.25) is 0 Å². The van der Waals surface area contributed by atoms with Crippen molar-refractivity contribution >= 4 is 12.4 Å². The van der Waals surface area contributed by atoms with E-state index in [2.05, 4.69) is 5.32 Å². The Bertz CT molecular complexity index is 147. The maximum Gasteiger partial charge on any atom is 0.251 e. The minimum Gasteiger partial charge on any atom is -0.316 e. The summed E-state index contributed by atoms with van der Waals surface area (Å²) in [4.78, 5) is 0. The first-order chi connectivity index (χ1) is 4.70. The van der Waals surface area contributed by atoms with Gasteiger partial charge < -0.3 is 5.32 Å². The zero-order chi connectivity index (χ0) is 7.19. The van der Waals surface area contributed by atoms with Crippen molar-refractivity contribution in [2.75, 3.05) is 13.1 Å². The van der Waals surface area contributed by atoms with Crippen LogP contribution < -0.4 is 5.32 Å². The molecule has 1 unspecified atom stereocenters. The summed E-state index contributed by atoms with van der Waals surface area (Å²) in [6.45, 7) is 1.61. The summed E-state index contributed by atoms with van der Waals surface area (Å²) in [5, 5.41) is 3.01. The number of alkyl halides is 2. The van der Waals surface area contributed by atoms with Crippen LogP contribution in [-0.2, 0) is 0 Å². The van der Waals surface area contributed by atoms with Crippen molar-refractivity contribution in [2.45, 2.75) is 18.8 Å². The summed E-state index contributed by atoms with van der Waals surface area (Å²) in [6, 6.07) is 0. The molecule has 1 N–H and O–H groups in total. The Balaban J connectivity index is 0.000000605. The standard InChI is InChI=1S/C7H11F2N.ClH/c8-7(9)2-1-6(7)5-3-10-4-5;/h5-6,10H,1-4H2;1H. The van der Waals surface area contributed by atoms with Gasteiger partial charge in [-0.1, -0.05) is 0 Å². The monoisotopic (exact) mass is 183 g/mol. The van der Waals surface area contributed by atoms with E-state index in [0.717, 1.165) is 19.5 Å². The molecule has 4 heteroatoms. The van der Waals surface area contributed by atoms with E-state index in [0.29, 0.717) is 0 Å². The molecule has 0 bridgehead atoms. The minimum atomic E-state index is -2.33. The van der Waals surface area contributed by atoms with Crippen LogP contribution in [0.15, 0.2) is 0 Å². The fraction of sp³-hybridized carbons (Fsp3) is 1.00. The van der Waals surface area contributed by atoms with E-state index in [1.807, 2.05) is 0 Å². The maximum atomic E-state index is 12.6. The highest BCUT2D eigenvalue weighted by Crippen LogP contribution is 2.48. The quantitative estimate of drug-likeness (QED) is 0.652. The second-order valence-electron chi connectivity index (χ2n) is 3.32. The van der Waals surface area contributed by atoms with Gasteiger partial charge in [-0.25, -0.2) is 8.78 Å². The van der Waals surface area contributed by atoms with Crippen molar-refractivity contribution in [3.8, 4) is 0 Å². The third kappa shape index (κ3) is 1.36. The van der Waals surface area contributed by atoms with E-state index >= 15 is 0 Å². The summed E-state index contributed by atoms with van der Waals surface area (Å²) in [7, 11) is 0. The van der Waals surface area contributed by atoms with E-state index < -0.39 is 5.92 Å². The molecule has 11 heavy (non-hydrogen) atoms. The van der Waals surface area contributed by atoms with Crippen LogP contribution in [0.4, 0.5) is 8.78 Å². The summed E-state index contributed by atoms with van der Waals surface area (Å²) in [6.07, 6.45) is 0.855. The molecule has 1 aliphatic carbocycles. The van der Waals surface area contributed by atoms with Crippen molar-refractivity contribution in [1.82, 2.24) is 5.32 Å². The summed E-state index contributed by atoms with van der Waals surface area (Å²) >= 11 is 0. The lowest BCUT2D eigenvalue weighted by Crippen LogP contribution is -2.55. The maximum absolute atomic E-state index is 12.6. The summed E-state index contributed by atoms with van der Waals surface area (Å²) in [5.41, 5.74) is 0. The van der Waals surface area contributed by atoms with Crippen LogP contribution in [0.3, 0.4) is 0 Å². The molecule has 0 aromatic heterocycles. The molecule has 1 saturated heterocycles. The van der Waals surface area contributed by atoms with Gasteiger partial charge in [0.2, 0.25) is 0 Å². The van der Waals surface area contributed by atoms with Gasteiger partial charge in [0.05, 0.1) is 0 Å². The lowest BCUT2D eigenvalue weighted by molar-refractivity contribution is -0.160. The van der Waals surface area contributed by atoms with Gasteiger partial charge in [0.1, 0.15) is 0 Å². The topological polar surface area (TPSA) is 12.0 Å². The van der Waals surface area contributed by atoms with Crippen LogP contribution in [-0.4, -0.2) is 19.0 Å². The fourth-order valence-corrected chi connectivity index (χ4v) is 1.71. The van der Waals surface area contributed by atoms with Crippen molar-refractivity contribution in [3.05, 3.63) is 0 Å². The molecule has 1 heterocycles. The molecular formula is C7H12ClF2N. The van der Waals surface area contributed by atoms with Gasteiger partial charge in [-0.15, -0.1) is 12.4 Å². The molecule has 1 aliphatic heterocycles. The van der Waals surface area contributed by atoms with Gasteiger partial charge in [-0.05, 0) is 25.4 Å². The van der Waals surface area contributed by atoms with Crippen LogP contribution in [0.25, 0.3) is 0 Å². The highest BCUT2D eigenvalue weighted by molar-refractivity contribution is 5.85. The fourth-order valence-electron chi connectivity index (χ4n) is 1.71.